The van der Waals surface area contributed by atoms with E-state index in [1.54, 1.807) is 18.2 Å². The third kappa shape index (κ3) is 1.92. The highest BCUT2D eigenvalue weighted by atomic mass is 32.1. The molecule has 0 atom stereocenters. The van der Waals surface area contributed by atoms with Crippen molar-refractivity contribution in [3.05, 3.63) is 51.7 Å². The summed E-state index contributed by atoms with van der Waals surface area (Å²) in [5.74, 6) is -0.974. The second-order valence-electron chi connectivity index (χ2n) is 3.79. The van der Waals surface area contributed by atoms with Gasteiger partial charge < -0.3 is 9.52 Å². The van der Waals surface area contributed by atoms with Crippen LogP contribution in [0.15, 0.2) is 44.9 Å². The Bertz CT molecular complexity index is 820. The number of carboxylic acid groups (broad SMARTS) is 1. The highest BCUT2D eigenvalue weighted by Gasteiger charge is 2.15. The third-order valence-corrected chi connectivity index (χ3v) is 3.48. The lowest BCUT2D eigenvalue weighted by Crippen LogP contribution is -2.09. The summed E-state index contributed by atoms with van der Waals surface area (Å²) in [4.78, 5) is 28.0. The van der Waals surface area contributed by atoms with Gasteiger partial charge in [-0.3, -0.25) is 0 Å². The molecule has 3 aromatic rings. The Labute approximate surface area is 110 Å². The minimum atomic E-state index is -1.18. The molecule has 0 amide bonds. The molecule has 0 unspecified atom stereocenters. The zero-order valence-corrected chi connectivity index (χ0v) is 10.3. The highest BCUT2D eigenvalue weighted by molar-refractivity contribution is 7.13. The molecule has 0 aliphatic rings. The standard InChI is InChI=1S/C13H7NO4S/c15-12(16)7-3-1-4-8-10(7)13(17)18-11(14-8)9-5-2-6-19-9/h1-6H,(H,15,16). The van der Waals surface area contributed by atoms with Gasteiger partial charge in [-0.05, 0) is 23.6 Å². The molecule has 2 heterocycles. The Balaban J connectivity index is 2.35. The third-order valence-electron chi connectivity index (χ3n) is 2.62. The summed E-state index contributed by atoms with van der Waals surface area (Å²) < 4.78 is 5.11. The Morgan fingerprint density at radius 3 is 2.79 bits per heavy atom. The maximum atomic E-state index is 12.0. The normalized spacial score (nSPS) is 10.7. The molecular formula is C13H7NO4S. The van der Waals surface area contributed by atoms with E-state index >= 15 is 0 Å². The van der Waals surface area contributed by atoms with Gasteiger partial charge in [0.25, 0.3) is 0 Å². The Morgan fingerprint density at radius 1 is 1.26 bits per heavy atom. The van der Waals surface area contributed by atoms with Crippen molar-refractivity contribution in [2.75, 3.05) is 0 Å². The van der Waals surface area contributed by atoms with E-state index < -0.39 is 11.6 Å². The number of fused-ring (bicyclic) bond motifs is 1. The van der Waals surface area contributed by atoms with Crippen LogP contribution >= 0.6 is 11.3 Å². The number of carboxylic acids is 1. The first-order valence-corrected chi connectivity index (χ1v) is 6.26. The molecule has 94 valence electrons. The minimum absolute atomic E-state index is 0.00435. The van der Waals surface area contributed by atoms with Crippen molar-refractivity contribution in [2.24, 2.45) is 0 Å². The smallest absolute Gasteiger partial charge is 0.348 e. The summed E-state index contributed by atoms with van der Waals surface area (Å²) in [6, 6.07) is 8.10. The molecule has 5 nitrogen and oxygen atoms in total. The van der Waals surface area contributed by atoms with E-state index in [9.17, 15) is 9.59 Å². The molecular weight excluding hydrogens is 266 g/mol. The number of carbonyl (C=O) groups is 1. The maximum Gasteiger partial charge on any atom is 0.348 e. The number of aromatic nitrogens is 1. The minimum Gasteiger partial charge on any atom is -0.478 e. The molecule has 0 bridgehead atoms. The number of hydrogen-bond acceptors (Lipinski definition) is 5. The van der Waals surface area contributed by atoms with E-state index in [4.69, 9.17) is 9.52 Å². The first-order valence-electron chi connectivity index (χ1n) is 5.38. The van der Waals surface area contributed by atoms with Gasteiger partial charge in [-0.15, -0.1) is 11.3 Å². The van der Waals surface area contributed by atoms with Crippen LogP contribution in [0.25, 0.3) is 21.7 Å². The van der Waals surface area contributed by atoms with Crippen molar-refractivity contribution in [3.63, 3.8) is 0 Å². The van der Waals surface area contributed by atoms with Crippen LogP contribution in [0, 0.1) is 0 Å². The first-order chi connectivity index (χ1) is 9.16. The second-order valence-corrected chi connectivity index (χ2v) is 4.74. The molecule has 0 aliphatic carbocycles. The Morgan fingerprint density at radius 2 is 2.11 bits per heavy atom. The predicted molar refractivity (Wildman–Crippen MR) is 70.6 cm³/mol. The lowest BCUT2D eigenvalue weighted by molar-refractivity contribution is 0.0698. The average Bonchev–Trinajstić information content (AvgIpc) is 2.91. The first kappa shape index (κ1) is 11.6. The predicted octanol–water partition coefficient (Wildman–Crippen LogP) is 2.61. The van der Waals surface area contributed by atoms with Crippen molar-refractivity contribution in [1.29, 1.82) is 0 Å². The lowest BCUT2D eigenvalue weighted by Gasteiger charge is -2.02. The van der Waals surface area contributed by atoms with Crippen molar-refractivity contribution >= 4 is 28.2 Å². The number of thiophene rings is 1. The fourth-order valence-electron chi connectivity index (χ4n) is 1.80. The van der Waals surface area contributed by atoms with Gasteiger partial charge in [0.15, 0.2) is 0 Å². The molecule has 1 aromatic carbocycles. The maximum absolute atomic E-state index is 12.0. The quantitative estimate of drug-likeness (QED) is 0.776. The van der Waals surface area contributed by atoms with E-state index in [0.717, 1.165) is 4.88 Å². The monoisotopic (exact) mass is 273 g/mol. The van der Waals surface area contributed by atoms with Crippen LogP contribution in [0.3, 0.4) is 0 Å². The van der Waals surface area contributed by atoms with Gasteiger partial charge in [-0.1, -0.05) is 12.1 Å². The molecule has 6 heteroatoms. The Hall–Kier alpha value is -2.47. The van der Waals surface area contributed by atoms with Gasteiger partial charge >= 0.3 is 11.6 Å². The zero-order valence-electron chi connectivity index (χ0n) is 9.49. The Kier molecular flexibility index (Phi) is 2.64. The van der Waals surface area contributed by atoms with E-state index in [-0.39, 0.29) is 16.8 Å². The zero-order chi connectivity index (χ0) is 13.4. The second kappa shape index (κ2) is 4.33. The highest BCUT2D eigenvalue weighted by Crippen LogP contribution is 2.24. The van der Waals surface area contributed by atoms with Crippen molar-refractivity contribution in [3.8, 4) is 10.8 Å². The molecule has 1 N–H and O–H groups in total. The fourth-order valence-corrected chi connectivity index (χ4v) is 2.45. The van der Waals surface area contributed by atoms with Gasteiger partial charge in [0.2, 0.25) is 5.89 Å². The van der Waals surface area contributed by atoms with Crippen molar-refractivity contribution in [2.45, 2.75) is 0 Å². The van der Waals surface area contributed by atoms with E-state index in [2.05, 4.69) is 4.98 Å². The van der Waals surface area contributed by atoms with Gasteiger partial charge in [0.1, 0.15) is 5.39 Å². The molecule has 0 fully saturated rings. The molecule has 0 spiro atoms. The SMILES string of the molecule is O=C(O)c1cccc2nc(-c3cccs3)oc(=O)c12. The van der Waals surface area contributed by atoms with Crippen LogP contribution in [0.5, 0.6) is 0 Å². The fraction of sp³-hybridized carbons (Fsp3) is 0. The van der Waals surface area contributed by atoms with Crippen LogP contribution in [0.2, 0.25) is 0 Å². The van der Waals surface area contributed by atoms with E-state index in [1.165, 1.54) is 17.4 Å². The summed E-state index contributed by atoms with van der Waals surface area (Å²) in [5.41, 5.74) is -0.470. The molecule has 19 heavy (non-hydrogen) atoms. The van der Waals surface area contributed by atoms with Gasteiger partial charge in [-0.2, -0.15) is 0 Å². The molecule has 0 saturated carbocycles. The molecule has 0 aliphatic heterocycles. The van der Waals surface area contributed by atoms with Crippen LogP contribution in [-0.2, 0) is 0 Å². The van der Waals surface area contributed by atoms with Crippen LogP contribution in [0.4, 0.5) is 0 Å². The van der Waals surface area contributed by atoms with Crippen molar-refractivity contribution < 1.29 is 14.3 Å². The summed E-state index contributed by atoms with van der Waals surface area (Å²) in [6.07, 6.45) is 0. The van der Waals surface area contributed by atoms with Gasteiger partial charge in [0, 0.05) is 0 Å². The van der Waals surface area contributed by atoms with Gasteiger partial charge in [-0.25, -0.2) is 14.6 Å². The van der Waals surface area contributed by atoms with E-state index in [1.807, 2.05) is 11.4 Å². The summed E-state index contributed by atoms with van der Waals surface area (Å²) in [5, 5.41) is 10.9. The number of rotatable bonds is 2. The number of hydrogen-bond donors (Lipinski definition) is 1. The topological polar surface area (TPSA) is 80.4 Å². The van der Waals surface area contributed by atoms with Crippen molar-refractivity contribution in [1.82, 2.24) is 4.98 Å². The number of nitrogens with zero attached hydrogens (tertiary/aromatic N) is 1. The molecule has 0 radical (unpaired) electrons. The molecule has 0 saturated heterocycles. The largest absolute Gasteiger partial charge is 0.478 e. The number of benzene rings is 1. The van der Waals surface area contributed by atoms with Crippen LogP contribution < -0.4 is 5.63 Å². The van der Waals surface area contributed by atoms with Crippen LogP contribution in [0.1, 0.15) is 10.4 Å². The molecule has 2 aromatic heterocycles. The van der Waals surface area contributed by atoms with E-state index in [0.29, 0.717) is 5.52 Å². The molecule has 3 rings (SSSR count). The lowest BCUT2D eigenvalue weighted by atomic mass is 10.1. The summed E-state index contributed by atoms with van der Waals surface area (Å²) in [7, 11) is 0. The van der Waals surface area contributed by atoms with Crippen LogP contribution in [-0.4, -0.2) is 16.1 Å². The van der Waals surface area contributed by atoms with Gasteiger partial charge in [0.05, 0.1) is 16.0 Å². The average molecular weight is 273 g/mol. The summed E-state index contributed by atoms with van der Waals surface area (Å²) in [6.45, 7) is 0. The summed E-state index contributed by atoms with van der Waals surface area (Å²) >= 11 is 1.39. The number of aromatic carboxylic acids is 1.